The molecule has 30 heavy (non-hydrogen) atoms. The summed E-state index contributed by atoms with van der Waals surface area (Å²) in [4.78, 5) is 23.6. The average Bonchev–Trinajstić information content (AvgIpc) is 3.21. The average molecular weight is 410 g/mol. The van der Waals surface area contributed by atoms with Gasteiger partial charge in [-0.15, -0.1) is 0 Å². The maximum absolute atomic E-state index is 12.8. The zero-order valence-electron chi connectivity index (χ0n) is 17.8. The fourth-order valence-corrected chi connectivity index (χ4v) is 3.57. The minimum Gasteiger partial charge on any atom is -0.345 e. The third kappa shape index (κ3) is 4.24. The second kappa shape index (κ2) is 8.48. The lowest BCUT2D eigenvalue weighted by atomic mass is 10.1. The van der Waals surface area contributed by atoms with E-state index >= 15 is 0 Å². The Morgan fingerprint density at radius 3 is 2.57 bits per heavy atom. The van der Waals surface area contributed by atoms with E-state index in [-0.39, 0.29) is 17.6 Å². The van der Waals surface area contributed by atoms with Crippen LogP contribution in [0.1, 0.15) is 58.5 Å². The summed E-state index contributed by atoms with van der Waals surface area (Å²) in [6.07, 6.45) is 1.95. The number of nitro groups is 1. The molecule has 0 fully saturated rings. The van der Waals surface area contributed by atoms with Gasteiger partial charge < -0.3 is 5.32 Å². The highest BCUT2D eigenvalue weighted by Crippen LogP contribution is 2.23. The zero-order valence-corrected chi connectivity index (χ0v) is 17.8. The number of aryl methyl sites for hydroxylation is 3. The number of rotatable bonds is 7. The summed E-state index contributed by atoms with van der Waals surface area (Å²) in [7, 11) is 0. The normalized spacial score (nSPS) is 12.0. The second-order valence-corrected chi connectivity index (χ2v) is 7.36. The molecule has 0 aliphatic rings. The molecule has 3 aromatic rings. The van der Waals surface area contributed by atoms with Gasteiger partial charge in [0.15, 0.2) is 0 Å². The highest BCUT2D eigenvalue weighted by molar-refractivity contribution is 5.94. The van der Waals surface area contributed by atoms with Crippen LogP contribution < -0.4 is 5.32 Å². The maximum atomic E-state index is 12.8. The molecule has 9 nitrogen and oxygen atoms in total. The van der Waals surface area contributed by atoms with E-state index in [4.69, 9.17) is 0 Å². The van der Waals surface area contributed by atoms with Crippen molar-refractivity contribution in [3.63, 3.8) is 0 Å². The largest absolute Gasteiger partial charge is 0.345 e. The Labute approximate surface area is 174 Å². The molecule has 3 rings (SSSR count). The van der Waals surface area contributed by atoms with Crippen LogP contribution in [-0.4, -0.2) is 30.4 Å². The summed E-state index contributed by atoms with van der Waals surface area (Å²) in [6, 6.07) is 7.03. The Kier molecular flexibility index (Phi) is 6.00. The first-order chi connectivity index (χ1) is 14.2. The van der Waals surface area contributed by atoms with Crippen molar-refractivity contribution in [2.45, 2.75) is 53.8 Å². The number of hydrogen-bond acceptors (Lipinski definition) is 5. The molecule has 0 saturated heterocycles. The summed E-state index contributed by atoms with van der Waals surface area (Å²) in [5.74, 6) is -0.188. The third-order valence-electron chi connectivity index (χ3n) is 5.17. The number of carbonyl (C=O) groups excluding carboxylic acids is 1. The topological polar surface area (TPSA) is 108 Å². The van der Waals surface area contributed by atoms with E-state index in [9.17, 15) is 14.9 Å². The molecule has 2 heterocycles. The standard InChI is InChI=1S/C21H26N6O3/c1-6-25-12-19(14(3)23-25)13(2)22-21(28)18-9-7-8-17(10-18)11-26-16(5)20(27(29)30)15(4)24-26/h7-10,12-13H,6,11H2,1-5H3,(H,22,28). The van der Waals surface area contributed by atoms with Crippen LogP contribution in [0.2, 0.25) is 0 Å². The Morgan fingerprint density at radius 2 is 1.97 bits per heavy atom. The van der Waals surface area contributed by atoms with E-state index in [2.05, 4.69) is 15.5 Å². The maximum Gasteiger partial charge on any atom is 0.312 e. The highest BCUT2D eigenvalue weighted by atomic mass is 16.6. The van der Waals surface area contributed by atoms with Gasteiger partial charge in [-0.3, -0.25) is 24.3 Å². The van der Waals surface area contributed by atoms with Crippen LogP contribution in [0, 0.1) is 30.9 Å². The van der Waals surface area contributed by atoms with Crippen LogP contribution in [0.3, 0.4) is 0 Å². The molecule has 0 aliphatic carbocycles. The van der Waals surface area contributed by atoms with Crippen molar-refractivity contribution in [2.24, 2.45) is 0 Å². The smallest absolute Gasteiger partial charge is 0.312 e. The summed E-state index contributed by atoms with van der Waals surface area (Å²) in [5, 5.41) is 22.9. The van der Waals surface area contributed by atoms with Gasteiger partial charge in [0.05, 0.1) is 23.2 Å². The molecule has 9 heteroatoms. The monoisotopic (exact) mass is 410 g/mol. The first-order valence-corrected chi connectivity index (χ1v) is 9.83. The summed E-state index contributed by atoms with van der Waals surface area (Å²) >= 11 is 0. The Balaban J connectivity index is 1.76. The molecule has 0 bridgehead atoms. The van der Waals surface area contributed by atoms with E-state index in [1.165, 1.54) is 0 Å². The molecule has 1 unspecified atom stereocenters. The molecular weight excluding hydrogens is 384 g/mol. The Hall–Kier alpha value is -3.49. The first kappa shape index (κ1) is 21.2. The number of hydrogen-bond donors (Lipinski definition) is 1. The van der Waals surface area contributed by atoms with Gasteiger partial charge in [-0.25, -0.2) is 0 Å². The zero-order chi connectivity index (χ0) is 22.0. The number of amides is 1. The molecule has 0 saturated carbocycles. The van der Waals surface area contributed by atoms with E-state index in [0.29, 0.717) is 23.5 Å². The fraction of sp³-hybridized carbons (Fsp3) is 0.381. The summed E-state index contributed by atoms with van der Waals surface area (Å²) in [6.45, 7) is 10.3. The molecule has 0 radical (unpaired) electrons. The summed E-state index contributed by atoms with van der Waals surface area (Å²) in [5.41, 5.74) is 4.14. The van der Waals surface area contributed by atoms with Crippen molar-refractivity contribution < 1.29 is 9.72 Å². The van der Waals surface area contributed by atoms with Crippen LogP contribution in [-0.2, 0) is 13.1 Å². The molecule has 1 N–H and O–H groups in total. The van der Waals surface area contributed by atoms with Gasteiger partial charge >= 0.3 is 5.69 Å². The number of aromatic nitrogens is 4. The van der Waals surface area contributed by atoms with Gasteiger partial charge in [0.25, 0.3) is 5.91 Å². The van der Waals surface area contributed by atoms with Crippen molar-refractivity contribution in [1.82, 2.24) is 24.9 Å². The minimum atomic E-state index is -0.415. The molecule has 1 amide bonds. The fourth-order valence-electron chi connectivity index (χ4n) is 3.57. The molecule has 2 aromatic heterocycles. The first-order valence-electron chi connectivity index (χ1n) is 9.83. The van der Waals surface area contributed by atoms with Crippen LogP contribution in [0.15, 0.2) is 30.5 Å². The van der Waals surface area contributed by atoms with Crippen LogP contribution in [0.4, 0.5) is 5.69 Å². The van der Waals surface area contributed by atoms with E-state index < -0.39 is 4.92 Å². The molecule has 0 aliphatic heterocycles. The molecule has 1 aromatic carbocycles. The number of benzene rings is 1. The number of carbonyl (C=O) groups is 1. The molecule has 0 spiro atoms. The van der Waals surface area contributed by atoms with Gasteiger partial charge in [-0.2, -0.15) is 10.2 Å². The van der Waals surface area contributed by atoms with E-state index in [1.54, 1.807) is 36.7 Å². The van der Waals surface area contributed by atoms with Gasteiger partial charge in [0.2, 0.25) is 0 Å². The van der Waals surface area contributed by atoms with E-state index in [1.807, 2.05) is 37.7 Å². The van der Waals surface area contributed by atoms with Gasteiger partial charge in [0.1, 0.15) is 11.4 Å². The lowest BCUT2D eigenvalue weighted by Crippen LogP contribution is -2.27. The van der Waals surface area contributed by atoms with Gasteiger partial charge in [-0.1, -0.05) is 12.1 Å². The summed E-state index contributed by atoms with van der Waals surface area (Å²) < 4.78 is 3.44. The predicted molar refractivity (Wildman–Crippen MR) is 112 cm³/mol. The molecule has 158 valence electrons. The van der Waals surface area contributed by atoms with Crippen molar-refractivity contribution in [3.05, 3.63) is 74.3 Å². The van der Waals surface area contributed by atoms with Crippen molar-refractivity contribution in [3.8, 4) is 0 Å². The van der Waals surface area contributed by atoms with E-state index in [0.717, 1.165) is 23.4 Å². The Morgan fingerprint density at radius 1 is 1.23 bits per heavy atom. The van der Waals surface area contributed by atoms with Crippen LogP contribution >= 0.6 is 0 Å². The SMILES string of the molecule is CCn1cc(C(C)NC(=O)c2cccc(Cn3nc(C)c([N+](=O)[O-])c3C)c2)c(C)n1. The van der Waals surface area contributed by atoms with Gasteiger partial charge in [-0.05, 0) is 52.3 Å². The second-order valence-electron chi connectivity index (χ2n) is 7.36. The Bertz CT molecular complexity index is 1100. The van der Waals surface area contributed by atoms with Crippen LogP contribution in [0.25, 0.3) is 0 Å². The van der Waals surface area contributed by atoms with Crippen molar-refractivity contribution in [1.29, 1.82) is 0 Å². The lowest BCUT2D eigenvalue weighted by molar-refractivity contribution is -0.386. The predicted octanol–water partition coefficient (Wildman–Crippen LogP) is 3.47. The van der Waals surface area contributed by atoms with Gasteiger partial charge in [0, 0.05) is 23.9 Å². The lowest BCUT2D eigenvalue weighted by Gasteiger charge is -2.14. The number of nitrogens with one attached hydrogen (secondary N) is 1. The minimum absolute atomic E-state index is 0.0284. The molecule has 1 atom stereocenters. The van der Waals surface area contributed by atoms with Crippen LogP contribution in [0.5, 0.6) is 0 Å². The molecular formula is C21H26N6O3. The third-order valence-corrected chi connectivity index (χ3v) is 5.17. The van der Waals surface area contributed by atoms with Crippen molar-refractivity contribution >= 4 is 11.6 Å². The van der Waals surface area contributed by atoms with Crippen molar-refractivity contribution in [2.75, 3.05) is 0 Å². The quantitative estimate of drug-likeness (QED) is 0.474. The highest BCUT2D eigenvalue weighted by Gasteiger charge is 2.22. The number of nitrogens with zero attached hydrogens (tertiary/aromatic N) is 5.